The smallest absolute Gasteiger partial charge is 0.243 e. The third-order valence-corrected chi connectivity index (χ3v) is 6.72. The number of carbonyl (C=O) groups excluding carboxylic acids is 1. The summed E-state index contributed by atoms with van der Waals surface area (Å²) >= 11 is 12.5. The molecule has 1 aliphatic heterocycles. The monoisotopic (exact) mass is 472 g/mol. The third-order valence-electron chi connectivity index (χ3n) is 6.13. The first-order valence-corrected chi connectivity index (χ1v) is 12.2. The van der Waals surface area contributed by atoms with Crippen molar-refractivity contribution in [1.29, 1.82) is 0 Å². The number of fused-ring (bicyclic) bond motifs is 1. The van der Waals surface area contributed by atoms with Crippen molar-refractivity contribution in [1.82, 2.24) is 19.8 Å². The summed E-state index contributed by atoms with van der Waals surface area (Å²) in [6, 6.07) is 13.2. The van der Waals surface area contributed by atoms with E-state index in [9.17, 15) is 4.79 Å². The van der Waals surface area contributed by atoms with Crippen molar-refractivity contribution in [2.45, 2.75) is 45.1 Å². The van der Waals surface area contributed by atoms with Crippen LogP contribution in [0.15, 0.2) is 42.5 Å². The molecule has 0 saturated carbocycles. The Balaban J connectivity index is 1.62. The van der Waals surface area contributed by atoms with Crippen molar-refractivity contribution in [3.63, 3.8) is 0 Å². The van der Waals surface area contributed by atoms with E-state index in [4.69, 9.17) is 28.2 Å². The molecular formula is C25H30Cl2N4O. The highest BCUT2D eigenvalue weighted by molar-refractivity contribution is 6.35. The number of nitrogens with one attached hydrogen (secondary N) is 1. The van der Waals surface area contributed by atoms with Crippen LogP contribution in [0.2, 0.25) is 10.0 Å². The summed E-state index contributed by atoms with van der Waals surface area (Å²) in [4.78, 5) is 20.6. The zero-order valence-corrected chi connectivity index (χ0v) is 20.0. The van der Waals surface area contributed by atoms with Gasteiger partial charge in [-0.05, 0) is 62.2 Å². The summed E-state index contributed by atoms with van der Waals surface area (Å²) in [6.45, 7) is 5.95. The van der Waals surface area contributed by atoms with E-state index < -0.39 is 0 Å². The summed E-state index contributed by atoms with van der Waals surface area (Å²) in [5, 5.41) is 4.40. The fourth-order valence-corrected chi connectivity index (χ4v) is 4.99. The maximum atomic E-state index is 13.3. The predicted molar refractivity (Wildman–Crippen MR) is 132 cm³/mol. The molecule has 0 bridgehead atoms. The number of aromatic nitrogens is 2. The van der Waals surface area contributed by atoms with E-state index in [-0.39, 0.29) is 11.9 Å². The molecule has 1 atom stereocenters. The summed E-state index contributed by atoms with van der Waals surface area (Å²) in [5.41, 5.74) is 2.80. The quantitative estimate of drug-likeness (QED) is 0.447. The maximum Gasteiger partial charge on any atom is 0.243 e. The Morgan fingerprint density at radius 3 is 2.69 bits per heavy atom. The summed E-state index contributed by atoms with van der Waals surface area (Å²) < 4.78 is 2.11. The standard InChI is InChI=1S/C25H30Cl2N4O/c1-2-7-23(25(32)28-12-15-30-13-5-6-14-30)31-22-9-4-3-8-21(22)29-24(31)16-18-10-11-19(26)17-20(18)27/h3-4,8-11,17,23H,2,5-7,12-16H2,1H3,(H,28,32)/t23-/m1/s1. The van der Waals surface area contributed by atoms with E-state index >= 15 is 0 Å². The largest absolute Gasteiger partial charge is 0.353 e. The number of hydrogen-bond acceptors (Lipinski definition) is 3. The van der Waals surface area contributed by atoms with Gasteiger partial charge in [0.05, 0.1) is 11.0 Å². The minimum Gasteiger partial charge on any atom is -0.353 e. The fraction of sp³-hybridized carbons (Fsp3) is 0.440. The van der Waals surface area contributed by atoms with Crippen LogP contribution in [0.25, 0.3) is 11.0 Å². The molecule has 2 heterocycles. The van der Waals surface area contributed by atoms with E-state index in [0.29, 0.717) is 23.0 Å². The van der Waals surface area contributed by atoms with Gasteiger partial charge < -0.3 is 14.8 Å². The van der Waals surface area contributed by atoms with Crippen LogP contribution in [0.4, 0.5) is 0 Å². The van der Waals surface area contributed by atoms with Crippen LogP contribution in [-0.4, -0.2) is 46.5 Å². The van der Waals surface area contributed by atoms with Gasteiger partial charge in [0, 0.05) is 29.6 Å². The molecule has 1 fully saturated rings. The third kappa shape index (κ3) is 5.28. The van der Waals surface area contributed by atoms with Gasteiger partial charge in [0.15, 0.2) is 0 Å². The topological polar surface area (TPSA) is 50.2 Å². The molecule has 4 rings (SSSR count). The van der Waals surface area contributed by atoms with Gasteiger partial charge in [-0.3, -0.25) is 4.79 Å². The lowest BCUT2D eigenvalue weighted by molar-refractivity contribution is -0.124. The molecule has 1 saturated heterocycles. The number of rotatable bonds is 9. The van der Waals surface area contributed by atoms with E-state index in [0.717, 1.165) is 54.9 Å². The van der Waals surface area contributed by atoms with Crippen molar-refractivity contribution in [3.8, 4) is 0 Å². The van der Waals surface area contributed by atoms with E-state index in [1.807, 2.05) is 36.4 Å². The molecule has 1 aromatic heterocycles. The first kappa shape index (κ1) is 23.1. The van der Waals surface area contributed by atoms with Gasteiger partial charge in [-0.25, -0.2) is 4.98 Å². The van der Waals surface area contributed by atoms with Gasteiger partial charge in [-0.2, -0.15) is 0 Å². The molecular weight excluding hydrogens is 443 g/mol. The lowest BCUT2D eigenvalue weighted by atomic mass is 10.1. The van der Waals surface area contributed by atoms with Crippen molar-refractivity contribution in [2.24, 2.45) is 0 Å². The van der Waals surface area contributed by atoms with Gasteiger partial charge >= 0.3 is 0 Å². The van der Waals surface area contributed by atoms with Gasteiger partial charge in [-0.15, -0.1) is 0 Å². The van der Waals surface area contributed by atoms with Crippen LogP contribution >= 0.6 is 23.2 Å². The highest BCUT2D eigenvalue weighted by atomic mass is 35.5. The van der Waals surface area contributed by atoms with Gasteiger partial charge in [0.1, 0.15) is 11.9 Å². The molecule has 1 aliphatic rings. The Bertz CT molecular complexity index is 1070. The molecule has 7 heteroatoms. The van der Waals surface area contributed by atoms with Gasteiger partial charge in [0.25, 0.3) is 0 Å². The molecule has 0 radical (unpaired) electrons. The number of nitrogens with zero attached hydrogens (tertiary/aromatic N) is 3. The van der Waals surface area contributed by atoms with E-state index in [1.54, 1.807) is 6.07 Å². The number of carbonyl (C=O) groups is 1. The van der Waals surface area contributed by atoms with Crippen molar-refractivity contribution in [2.75, 3.05) is 26.2 Å². The second kappa shape index (κ2) is 10.7. The number of amides is 1. The van der Waals surface area contributed by atoms with Crippen molar-refractivity contribution < 1.29 is 4.79 Å². The minimum absolute atomic E-state index is 0.0534. The van der Waals surface area contributed by atoms with Crippen LogP contribution in [0.3, 0.4) is 0 Å². The molecule has 2 aromatic carbocycles. The predicted octanol–water partition coefficient (Wildman–Crippen LogP) is 5.49. The Labute approximate surface area is 199 Å². The number of imidazole rings is 1. The molecule has 32 heavy (non-hydrogen) atoms. The lowest BCUT2D eigenvalue weighted by Gasteiger charge is -2.22. The summed E-state index contributed by atoms with van der Waals surface area (Å²) in [6.07, 6.45) is 4.69. The number of halogens is 2. The zero-order valence-electron chi connectivity index (χ0n) is 18.5. The number of hydrogen-bond donors (Lipinski definition) is 1. The molecule has 0 unspecified atom stereocenters. The lowest BCUT2D eigenvalue weighted by Crippen LogP contribution is -2.38. The van der Waals surface area contributed by atoms with Crippen LogP contribution in [0.1, 0.15) is 50.0 Å². The first-order valence-electron chi connectivity index (χ1n) is 11.5. The average Bonchev–Trinajstić information content (AvgIpc) is 3.41. The number of para-hydroxylation sites is 2. The number of benzene rings is 2. The Kier molecular flexibility index (Phi) is 7.71. The Morgan fingerprint density at radius 2 is 1.94 bits per heavy atom. The second-order valence-corrected chi connectivity index (χ2v) is 9.29. The molecule has 1 amide bonds. The number of likely N-dealkylation sites (tertiary alicyclic amines) is 1. The van der Waals surface area contributed by atoms with E-state index in [2.05, 4.69) is 21.7 Å². The van der Waals surface area contributed by atoms with Crippen LogP contribution in [0.5, 0.6) is 0 Å². The van der Waals surface area contributed by atoms with Crippen LogP contribution < -0.4 is 5.32 Å². The highest BCUT2D eigenvalue weighted by Crippen LogP contribution is 2.29. The van der Waals surface area contributed by atoms with Crippen LogP contribution in [0, 0.1) is 0 Å². The fourth-order valence-electron chi connectivity index (χ4n) is 4.51. The molecule has 0 aliphatic carbocycles. The van der Waals surface area contributed by atoms with Crippen molar-refractivity contribution in [3.05, 3.63) is 63.9 Å². The van der Waals surface area contributed by atoms with Crippen LogP contribution in [-0.2, 0) is 11.2 Å². The molecule has 1 N–H and O–H groups in total. The average molecular weight is 473 g/mol. The maximum absolute atomic E-state index is 13.3. The molecule has 170 valence electrons. The Morgan fingerprint density at radius 1 is 1.16 bits per heavy atom. The molecule has 3 aromatic rings. The highest BCUT2D eigenvalue weighted by Gasteiger charge is 2.25. The summed E-state index contributed by atoms with van der Waals surface area (Å²) in [5.74, 6) is 0.890. The van der Waals surface area contributed by atoms with E-state index in [1.165, 1.54) is 12.8 Å². The van der Waals surface area contributed by atoms with Gasteiger partial charge in [-0.1, -0.05) is 54.7 Å². The normalized spacial score (nSPS) is 15.3. The summed E-state index contributed by atoms with van der Waals surface area (Å²) in [7, 11) is 0. The van der Waals surface area contributed by atoms with Gasteiger partial charge in [0.2, 0.25) is 5.91 Å². The zero-order chi connectivity index (χ0) is 22.5. The molecule has 0 spiro atoms. The first-order chi connectivity index (χ1) is 15.6. The molecule has 5 nitrogen and oxygen atoms in total. The minimum atomic E-state index is -0.313. The Hall–Kier alpha value is -2.08. The second-order valence-electron chi connectivity index (χ2n) is 8.44. The van der Waals surface area contributed by atoms with Crippen molar-refractivity contribution >= 4 is 40.1 Å². The SMILES string of the molecule is CCC[C@H](C(=O)NCCN1CCCC1)n1c(Cc2ccc(Cl)cc2Cl)nc2ccccc21.